The highest BCUT2D eigenvalue weighted by atomic mass is 16.5. The number of nitrogens with zero attached hydrogens (tertiary/aromatic N) is 2. The van der Waals surface area contributed by atoms with Crippen molar-refractivity contribution >= 4 is 5.82 Å². The lowest BCUT2D eigenvalue weighted by molar-refractivity contribution is 0.415. The molecule has 0 spiro atoms. The van der Waals surface area contributed by atoms with Gasteiger partial charge in [0, 0.05) is 12.1 Å². The number of H-pyrrole nitrogens is 1. The highest BCUT2D eigenvalue weighted by molar-refractivity contribution is 5.71. The Morgan fingerprint density at radius 3 is 2.52 bits per heavy atom. The van der Waals surface area contributed by atoms with E-state index in [1.165, 1.54) is 0 Å². The monoisotopic (exact) mass is 308 g/mol. The summed E-state index contributed by atoms with van der Waals surface area (Å²) in [4.78, 5) is 15.5. The second-order valence-electron chi connectivity index (χ2n) is 4.91. The number of aromatic amines is 1. The van der Waals surface area contributed by atoms with Gasteiger partial charge in [0.05, 0.1) is 7.11 Å². The summed E-state index contributed by atoms with van der Waals surface area (Å²) in [6.07, 6.45) is 0. The first-order valence-corrected chi connectivity index (χ1v) is 7.15. The molecular formula is C17H16N4O2. The zero-order valence-corrected chi connectivity index (χ0v) is 12.6. The maximum atomic E-state index is 11.5. The number of methoxy groups -OCH3 is 1. The number of ether oxygens (including phenoxy) is 1. The van der Waals surface area contributed by atoms with Crippen molar-refractivity contribution in [3.05, 3.63) is 70.6 Å². The third-order valence-corrected chi connectivity index (χ3v) is 3.37. The third kappa shape index (κ3) is 3.55. The SMILES string of the molecule is COc1ccc(-c2n[nH]c(=O)nc2NCc2ccccc2)cc1. The van der Waals surface area contributed by atoms with E-state index in [9.17, 15) is 4.79 Å². The summed E-state index contributed by atoms with van der Waals surface area (Å²) in [5.41, 5.74) is 2.03. The van der Waals surface area contributed by atoms with Crippen LogP contribution in [0.4, 0.5) is 5.82 Å². The minimum Gasteiger partial charge on any atom is -0.497 e. The second kappa shape index (κ2) is 6.74. The van der Waals surface area contributed by atoms with Gasteiger partial charge in [-0.3, -0.25) is 0 Å². The van der Waals surface area contributed by atoms with Crippen LogP contribution in [0, 0.1) is 0 Å². The molecule has 0 amide bonds. The fourth-order valence-electron chi connectivity index (χ4n) is 2.19. The van der Waals surface area contributed by atoms with Crippen molar-refractivity contribution in [1.82, 2.24) is 15.2 Å². The van der Waals surface area contributed by atoms with Crippen molar-refractivity contribution in [1.29, 1.82) is 0 Å². The quantitative estimate of drug-likeness (QED) is 0.757. The highest BCUT2D eigenvalue weighted by Gasteiger charge is 2.10. The third-order valence-electron chi connectivity index (χ3n) is 3.37. The Balaban J connectivity index is 1.89. The fourth-order valence-corrected chi connectivity index (χ4v) is 2.19. The van der Waals surface area contributed by atoms with Crippen LogP contribution in [-0.4, -0.2) is 22.3 Å². The number of benzene rings is 2. The Morgan fingerprint density at radius 2 is 1.83 bits per heavy atom. The predicted octanol–water partition coefficient (Wildman–Crippen LogP) is 2.45. The first kappa shape index (κ1) is 14.8. The van der Waals surface area contributed by atoms with E-state index in [1.54, 1.807) is 7.11 Å². The van der Waals surface area contributed by atoms with Crippen molar-refractivity contribution in [2.75, 3.05) is 12.4 Å². The van der Waals surface area contributed by atoms with Crippen molar-refractivity contribution < 1.29 is 4.74 Å². The maximum absolute atomic E-state index is 11.5. The molecule has 116 valence electrons. The van der Waals surface area contributed by atoms with E-state index in [0.29, 0.717) is 18.1 Å². The standard InChI is InChI=1S/C17H16N4O2/c1-23-14-9-7-13(8-10-14)15-16(19-17(22)21-20-15)18-11-12-5-3-2-4-6-12/h2-10H,11H2,1H3,(H2,18,19,21,22). The largest absolute Gasteiger partial charge is 0.497 e. The van der Waals surface area contributed by atoms with Crippen molar-refractivity contribution in [2.24, 2.45) is 0 Å². The lowest BCUT2D eigenvalue weighted by atomic mass is 10.1. The molecule has 0 radical (unpaired) electrons. The molecule has 6 heteroatoms. The molecule has 1 heterocycles. The summed E-state index contributed by atoms with van der Waals surface area (Å²) in [5, 5.41) is 9.66. The average molecular weight is 308 g/mol. The minimum absolute atomic E-state index is 0.447. The van der Waals surface area contributed by atoms with Gasteiger partial charge in [0.2, 0.25) is 0 Å². The van der Waals surface area contributed by atoms with E-state index in [1.807, 2.05) is 54.6 Å². The summed E-state index contributed by atoms with van der Waals surface area (Å²) in [6, 6.07) is 17.3. The number of nitrogens with one attached hydrogen (secondary N) is 2. The van der Waals surface area contributed by atoms with Crippen molar-refractivity contribution in [2.45, 2.75) is 6.54 Å². The Labute approximate surface area is 133 Å². The zero-order valence-electron chi connectivity index (χ0n) is 12.6. The van der Waals surface area contributed by atoms with Gasteiger partial charge in [0.1, 0.15) is 11.4 Å². The summed E-state index contributed by atoms with van der Waals surface area (Å²) >= 11 is 0. The molecule has 3 aromatic rings. The molecular weight excluding hydrogens is 292 g/mol. The molecule has 0 aliphatic carbocycles. The van der Waals surface area contributed by atoms with E-state index in [-0.39, 0.29) is 0 Å². The maximum Gasteiger partial charge on any atom is 0.363 e. The van der Waals surface area contributed by atoms with Gasteiger partial charge in [-0.25, -0.2) is 9.89 Å². The van der Waals surface area contributed by atoms with E-state index < -0.39 is 5.69 Å². The molecule has 0 aliphatic rings. The molecule has 0 saturated carbocycles. The molecule has 3 rings (SSSR count). The summed E-state index contributed by atoms with van der Waals surface area (Å²) < 4.78 is 5.15. The zero-order chi connectivity index (χ0) is 16.1. The normalized spacial score (nSPS) is 10.3. The van der Waals surface area contributed by atoms with E-state index in [2.05, 4.69) is 20.5 Å². The van der Waals surface area contributed by atoms with Crippen LogP contribution in [-0.2, 0) is 6.54 Å². The number of hydrogen-bond donors (Lipinski definition) is 2. The van der Waals surface area contributed by atoms with Crippen LogP contribution < -0.4 is 15.7 Å². The molecule has 0 atom stereocenters. The molecule has 6 nitrogen and oxygen atoms in total. The highest BCUT2D eigenvalue weighted by Crippen LogP contribution is 2.24. The van der Waals surface area contributed by atoms with Gasteiger partial charge >= 0.3 is 5.69 Å². The number of rotatable bonds is 5. The summed E-state index contributed by atoms with van der Waals surface area (Å²) in [6.45, 7) is 0.558. The van der Waals surface area contributed by atoms with Gasteiger partial charge in [0.25, 0.3) is 0 Å². The molecule has 2 aromatic carbocycles. The lowest BCUT2D eigenvalue weighted by Crippen LogP contribution is -2.17. The van der Waals surface area contributed by atoms with Crippen LogP contribution in [0.5, 0.6) is 5.75 Å². The first-order chi connectivity index (χ1) is 11.3. The topological polar surface area (TPSA) is 79.9 Å². The lowest BCUT2D eigenvalue weighted by Gasteiger charge is -2.10. The molecule has 0 unspecified atom stereocenters. The minimum atomic E-state index is -0.488. The Kier molecular flexibility index (Phi) is 4.33. The van der Waals surface area contributed by atoms with E-state index >= 15 is 0 Å². The van der Waals surface area contributed by atoms with Gasteiger partial charge in [-0.1, -0.05) is 30.3 Å². The van der Waals surface area contributed by atoms with Gasteiger partial charge < -0.3 is 10.1 Å². The number of aromatic nitrogens is 3. The van der Waals surface area contributed by atoms with Crippen LogP contribution in [0.2, 0.25) is 0 Å². The Bertz CT molecular complexity index is 829. The molecule has 0 bridgehead atoms. The fraction of sp³-hybridized carbons (Fsp3) is 0.118. The average Bonchev–Trinajstić information content (AvgIpc) is 2.61. The van der Waals surface area contributed by atoms with Crippen LogP contribution in [0.15, 0.2) is 59.4 Å². The predicted molar refractivity (Wildman–Crippen MR) is 88.4 cm³/mol. The van der Waals surface area contributed by atoms with Gasteiger partial charge in [-0.15, -0.1) is 0 Å². The smallest absolute Gasteiger partial charge is 0.363 e. The van der Waals surface area contributed by atoms with Crippen LogP contribution in [0.25, 0.3) is 11.3 Å². The molecule has 0 saturated heterocycles. The number of hydrogen-bond acceptors (Lipinski definition) is 5. The van der Waals surface area contributed by atoms with Crippen LogP contribution >= 0.6 is 0 Å². The first-order valence-electron chi connectivity index (χ1n) is 7.15. The second-order valence-corrected chi connectivity index (χ2v) is 4.91. The Hall–Kier alpha value is -3.15. The van der Waals surface area contributed by atoms with Crippen molar-refractivity contribution in [3.8, 4) is 17.0 Å². The van der Waals surface area contributed by atoms with Gasteiger partial charge in [-0.05, 0) is 29.8 Å². The van der Waals surface area contributed by atoms with E-state index in [0.717, 1.165) is 16.9 Å². The van der Waals surface area contributed by atoms with Crippen LogP contribution in [0.3, 0.4) is 0 Å². The molecule has 0 fully saturated rings. The Morgan fingerprint density at radius 1 is 1.09 bits per heavy atom. The summed E-state index contributed by atoms with van der Waals surface area (Å²) in [7, 11) is 1.61. The molecule has 0 aliphatic heterocycles. The van der Waals surface area contributed by atoms with E-state index in [4.69, 9.17) is 4.74 Å². The molecule has 23 heavy (non-hydrogen) atoms. The molecule has 1 aromatic heterocycles. The summed E-state index contributed by atoms with van der Waals surface area (Å²) in [5.74, 6) is 1.20. The van der Waals surface area contributed by atoms with Crippen LogP contribution in [0.1, 0.15) is 5.56 Å². The van der Waals surface area contributed by atoms with Crippen molar-refractivity contribution in [3.63, 3.8) is 0 Å². The van der Waals surface area contributed by atoms with Gasteiger partial charge in [-0.2, -0.15) is 10.1 Å². The number of anilines is 1. The van der Waals surface area contributed by atoms with Gasteiger partial charge in [0.15, 0.2) is 5.82 Å². The molecule has 2 N–H and O–H groups in total.